The fraction of sp³-hybridized carbons (Fsp3) is 0.385. The highest BCUT2D eigenvalue weighted by Crippen LogP contribution is 2.09. The van der Waals surface area contributed by atoms with E-state index >= 15 is 0 Å². The molecule has 1 rings (SSSR count). The Hall–Kier alpha value is -0.700. The largest absolute Gasteiger partial charge is 0.494 e. The van der Waals surface area contributed by atoms with E-state index < -0.39 is 0 Å². The van der Waals surface area contributed by atoms with Crippen molar-refractivity contribution in [3.05, 3.63) is 40.9 Å². The van der Waals surface area contributed by atoms with Crippen molar-refractivity contribution in [2.75, 3.05) is 19.8 Å². The summed E-state index contributed by atoms with van der Waals surface area (Å²) < 4.78 is 10.8. The molecule has 2 nitrogen and oxygen atoms in total. The Morgan fingerprint density at radius 2 is 1.82 bits per heavy atom. The number of hydrogen-bond donors (Lipinski definition) is 0. The van der Waals surface area contributed by atoms with Crippen LogP contribution < -0.4 is 4.74 Å². The lowest BCUT2D eigenvalue weighted by atomic mass is 10.3. The Bertz CT molecular complexity index is 325. The van der Waals surface area contributed by atoms with Gasteiger partial charge in [0.1, 0.15) is 5.75 Å². The quantitative estimate of drug-likeness (QED) is 0.662. The van der Waals surface area contributed by atoms with Crippen molar-refractivity contribution in [2.24, 2.45) is 0 Å². The van der Waals surface area contributed by atoms with Crippen LogP contribution in [0.15, 0.2) is 40.9 Å². The molecule has 0 heterocycles. The molecule has 0 bridgehead atoms. The van der Waals surface area contributed by atoms with Crippen molar-refractivity contribution in [2.45, 2.75) is 12.8 Å². The van der Waals surface area contributed by atoms with Gasteiger partial charge in [0.25, 0.3) is 0 Å². The fourth-order valence-electron chi connectivity index (χ4n) is 1.21. The third-order valence-electron chi connectivity index (χ3n) is 2.05. The molecular weight excluding hydrogens is 259 g/mol. The fourth-order valence-corrected chi connectivity index (χ4v) is 1.35. The maximum Gasteiger partial charge on any atom is 0.119 e. The first kappa shape index (κ1) is 14.4. The number of ether oxygens (including phenoxy) is 2. The molecule has 0 unspecified atom stereocenters. The van der Waals surface area contributed by atoms with E-state index in [1.165, 1.54) is 5.54 Å². The molecule has 0 aromatic heterocycles. The topological polar surface area (TPSA) is 18.5 Å². The van der Waals surface area contributed by atoms with Gasteiger partial charge >= 0.3 is 0 Å². The Morgan fingerprint density at radius 1 is 1.12 bits per heavy atom. The zero-order valence-corrected chi connectivity index (χ0v) is 11.1. The van der Waals surface area contributed by atoms with E-state index in [1.807, 2.05) is 30.3 Å². The van der Waals surface area contributed by atoms with Gasteiger partial charge in [-0.05, 0) is 25.0 Å². The number of rotatable bonds is 8. The molecule has 0 radical (unpaired) electrons. The van der Waals surface area contributed by atoms with E-state index in [-0.39, 0.29) is 0 Å². The van der Waals surface area contributed by atoms with Crippen molar-refractivity contribution in [3.63, 3.8) is 0 Å². The lowest BCUT2D eigenvalue weighted by Crippen LogP contribution is -2.01. The standard InChI is InChI=1S/C13H16Cl2O2/c14-10-12(15)11-16-8-4-5-9-17-13-6-2-1-3-7-13/h1-3,6-7,10H,4-5,8-9,11H2. The van der Waals surface area contributed by atoms with Gasteiger partial charge in [-0.15, -0.1) is 0 Å². The maximum atomic E-state index is 5.66. The highest BCUT2D eigenvalue weighted by Gasteiger charge is 1.94. The molecule has 0 spiro atoms. The van der Waals surface area contributed by atoms with Crippen LogP contribution >= 0.6 is 23.2 Å². The predicted molar refractivity (Wildman–Crippen MR) is 71.8 cm³/mol. The van der Waals surface area contributed by atoms with Crippen LogP contribution in [0.5, 0.6) is 5.75 Å². The van der Waals surface area contributed by atoms with E-state index in [0.717, 1.165) is 18.6 Å². The number of para-hydroxylation sites is 1. The summed E-state index contributed by atoms with van der Waals surface area (Å²) in [5.74, 6) is 0.904. The van der Waals surface area contributed by atoms with Crippen LogP contribution in [0.1, 0.15) is 12.8 Å². The van der Waals surface area contributed by atoms with Crippen molar-refractivity contribution in [1.29, 1.82) is 0 Å². The molecule has 0 aliphatic heterocycles. The van der Waals surface area contributed by atoms with Gasteiger partial charge in [-0.1, -0.05) is 41.4 Å². The summed E-state index contributed by atoms with van der Waals surface area (Å²) in [6.45, 7) is 1.75. The Balaban J connectivity index is 1.95. The van der Waals surface area contributed by atoms with Crippen LogP contribution in [0.2, 0.25) is 0 Å². The summed E-state index contributed by atoms with van der Waals surface area (Å²) in [6, 6.07) is 9.77. The molecule has 0 saturated carbocycles. The summed E-state index contributed by atoms with van der Waals surface area (Å²) in [5.41, 5.74) is 1.32. The van der Waals surface area contributed by atoms with E-state index in [9.17, 15) is 0 Å². The third kappa shape index (κ3) is 7.27. The lowest BCUT2D eigenvalue weighted by Gasteiger charge is -2.06. The molecule has 0 amide bonds. The van der Waals surface area contributed by atoms with E-state index in [4.69, 9.17) is 32.7 Å². The van der Waals surface area contributed by atoms with E-state index in [2.05, 4.69) is 0 Å². The van der Waals surface area contributed by atoms with Gasteiger partial charge in [-0.2, -0.15) is 0 Å². The summed E-state index contributed by atoms with van der Waals surface area (Å²) in [5, 5.41) is 0.521. The molecule has 0 saturated heterocycles. The SMILES string of the molecule is ClC=C(Cl)COCCCCOc1ccccc1. The molecule has 0 N–H and O–H groups in total. The molecule has 0 atom stereocenters. The Labute approximate surface area is 112 Å². The van der Waals surface area contributed by atoms with E-state index in [0.29, 0.717) is 24.9 Å². The molecular formula is C13H16Cl2O2. The highest BCUT2D eigenvalue weighted by atomic mass is 35.5. The monoisotopic (exact) mass is 274 g/mol. The maximum absolute atomic E-state index is 5.66. The average Bonchev–Trinajstić information content (AvgIpc) is 2.38. The minimum absolute atomic E-state index is 0.380. The van der Waals surface area contributed by atoms with Gasteiger partial charge in [0.2, 0.25) is 0 Å². The second kappa shape index (κ2) is 9.34. The minimum atomic E-state index is 0.380. The molecule has 17 heavy (non-hydrogen) atoms. The summed E-state index contributed by atoms with van der Waals surface area (Å²) in [6.07, 6.45) is 1.90. The Morgan fingerprint density at radius 3 is 2.53 bits per heavy atom. The van der Waals surface area contributed by atoms with Crippen LogP contribution in [0.4, 0.5) is 0 Å². The first-order valence-electron chi connectivity index (χ1n) is 5.53. The molecule has 0 fully saturated rings. The van der Waals surface area contributed by atoms with Crippen LogP contribution in [0, 0.1) is 0 Å². The first-order valence-corrected chi connectivity index (χ1v) is 6.34. The molecule has 1 aromatic carbocycles. The van der Waals surface area contributed by atoms with Gasteiger partial charge in [-0.3, -0.25) is 0 Å². The number of hydrogen-bond acceptors (Lipinski definition) is 2. The molecule has 94 valence electrons. The minimum Gasteiger partial charge on any atom is -0.494 e. The van der Waals surface area contributed by atoms with Gasteiger partial charge in [0, 0.05) is 12.1 Å². The second-order valence-electron chi connectivity index (χ2n) is 3.48. The zero-order chi connectivity index (χ0) is 12.3. The van der Waals surface area contributed by atoms with Gasteiger partial charge in [0.15, 0.2) is 0 Å². The first-order chi connectivity index (χ1) is 8.33. The summed E-state index contributed by atoms with van der Waals surface area (Å²) in [4.78, 5) is 0. The third-order valence-corrected chi connectivity index (χ3v) is 2.65. The van der Waals surface area contributed by atoms with Crippen molar-refractivity contribution >= 4 is 23.2 Å². The molecule has 4 heteroatoms. The predicted octanol–water partition coefficient (Wildman–Crippen LogP) is 4.18. The van der Waals surface area contributed by atoms with Crippen LogP contribution in [0.3, 0.4) is 0 Å². The number of unbranched alkanes of at least 4 members (excludes halogenated alkanes) is 1. The number of halogens is 2. The molecule has 1 aromatic rings. The lowest BCUT2D eigenvalue weighted by molar-refractivity contribution is 0.150. The van der Waals surface area contributed by atoms with E-state index in [1.54, 1.807) is 0 Å². The smallest absolute Gasteiger partial charge is 0.119 e. The van der Waals surface area contributed by atoms with Crippen LogP contribution in [-0.4, -0.2) is 19.8 Å². The average molecular weight is 275 g/mol. The van der Waals surface area contributed by atoms with Crippen LogP contribution in [0.25, 0.3) is 0 Å². The molecule has 0 aliphatic carbocycles. The zero-order valence-electron chi connectivity index (χ0n) is 9.57. The van der Waals surface area contributed by atoms with Crippen molar-refractivity contribution in [3.8, 4) is 5.75 Å². The molecule has 0 aliphatic rings. The number of benzene rings is 1. The second-order valence-corrected chi connectivity index (χ2v) is 4.18. The van der Waals surface area contributed by atoms with Gasteiger partial charge in [0.05, 0.1) is 18.2 Å². The van der Waals surface area contributed by atoms with Crippen molar-refractivity contribution < 1.29 is 9.47 Å². The highest BCUT2D eigenvalue weighted by molar-refractivity contribution is 6.36. The van der Waals surface area contributed by atoms with Gasteiger partial charge in [-0.25, -0.2) is 0 Å². The normalized spacial score (nSPS) is 11.5. The summed E-state index contributed by atoms with van der Waals surface area (Å²) >= 11 is 11.1. The van der Waals surface area contributed by atoms with Crippen LogP contribution in [-0.2, 0) is 4.74 Å². The Kier molecular flexibility index (Phi) is 7.89. The van der Waals surface area contributed by atoms with Gasteiger partial charge < -0.3 is 9.47 Å². The van der Waals surface area contributed by atoms with Crippen molar-refractivity contribution in [1.82, 2.24) is 0 Å². The summed E-state index contributed by atoms with van der Waals surface area (Å²) in [7, 11) is 0.